The van der Waals surface area contributed by atoms with Crippen molar-refractivity contribution in [3.8, 4) is 0 Å². The standard InChI is InChI=1S/C22H26Br2N4O/c23-16-3-5-20-18(14-16)19-15-17(24)4-6-21(19)28(20)10-1-2-22(29)26-9-13-27-11-7-25-8-12-27/h3-6,14-15,25H,1-2,7-13H2,(H,26,29). The summed E-state index contributed by atoms with van der Waals surface area (Å²) >= 11 is 7.18. The van der Waals surface area contributed by atoms with E-state index in [-0.39, 0.29) is 5.91 Å². The van der Waals surface area contributed by atoms with Crippen molar-refractivity contribution >= 4 is 59.6 Å². The van der Waals surface area contributed by atoms with Crippen LogP contribution >= 0.6 is 31.9 Å². The van der Waals surface area contributed by atoms with Crippen molar-refractivity contribution in [1.82, 2.24) is 20.1 Å². The molecule has 2 N–H and O–H groups in total. The molecule has 29 heavy (non-hydrogen) atoms. The highest BCUT2D eigenvalue weighted by atomic mass is 79.9. The highest BCUT2D eigenvalue weighted by Gasteiger charge is 2.13. The Labute approximate surface area is 188 Å². The first kappa shape index (κ1) is 20.8. The van der Waals surface area contributed by atoms with E-state index in [0.29, 0.717) is 6.42 Å². The van der Waals surface area contributed by atoms with Crippen LogP contribution in [-0.4, -0.2) is 54.6 Å². The van der Waals surface area contributed by atoms with Gasteiger partial charge in [0.25, 0.3) is 0 Å². The van der Waals surface area contributed by atoms with Gasteiger partial charge in [-0.25, -0.2) is 0 Å². The Morgan fingerprint density at radius 2 is 1.59 bits per heavy atom. The molecule has 0 aliphatic carbocycles. The van der Waals surface area contributed by atoms with Crippen molar-refractivity contribution < 1.29 is 4.79 Å². The third-order valence-electron chi connectivity index (χ3n) is 5.53. The van der Waals surface area contributed by atoms with Gasteiger partial charge in [0.2, 0.25) is 5.91 Å². The summed E-state index contributed by atoms with van der Waals surface area (Å²) in [5, 5.41) is 8.89. The summed E-state index contributed by atoms with van der Waals surface area (Å²) in [6, 6.07) is 12.8. The maximum atomic E-state index is 12.3. The summed E-state index contributed by atoms with van der Waals surface area (Å²) < 4.78 is 4.48. The Bertz CT molecular complexity index is 952. The normalized spacial score (nSPS) is 15.2. The number of hydrogen-bond donors (Lipinski definition) is 2. The summed E-state index contributed by atoms with van der Waals surface area (Å²) in [5.41, 5.74) is 2.42. The fourth-order valence-corrected chi connectivity index (χ4v) is 4.79. The van der Waals surface area contributed by atoms with Gasteiger partial charge < -0.3 is 15.2 Å². The fraction of sp³-hybridized carbons (Fsp3) is 0.409. The van der Waals surface area contributed by atoms with Crippen LogP contribution in [0.15, 0.2) is 45.3 Å². The van der Waals surface area contributed by atoms with Crippen molar-refractivity contribution in [1.29, 1.82) is 0 Å². The number of halogens is 2. The molecule has 1 amide bonds. The Kier molecular flexibility index (Phi) is 6.90. The van der Waals surface area contributed by atoms with Gasteiger partial charge in [-0.3, -0.25) is 9.69 Å². The van der Waals surface area contributed by atoms with Gasteiger partial charge in [0.15, 0.2) is 0 Å². The third kappa shape index (κ3) is 5.02. The number of carbonyl (C=O) groups excluding carboxylic acids is 1. The second-order valence-corrected chi connectivity index (χ2v) is 9.35. The summed E-state index contributed by atoms with van der Waals surface area (Å²) in [4.78, 5) is 14.7. The minimum atomic E-state index is 0.145. The average molecular weight is 522 g/mol. The molecular weight excluding hydrogens is 496 g/mol. The smallest absolute Gasteiger partial charge is 0.220 e. The molecule has 0 saturated carbocycles. The molecular formula is C22H26Br2N4O. The van der Waals surface area contributed by atoms with Crippen molar-refractivity contribution in [2.24, 2.45) is 0 Å². The summed E-state index contributed by atoms with van der Waals surface area (Å²) in [7, 11) is 0. The zero-order valence-corrected chi connectivity index (χ0v) is 19.6. The van der Waals surface area contributed by atoms with E-state index in [0.717, 1.165) is 61.2 Å². The van der Waals surface area contributed by atoms with Crippen LogP contribution in [0.1, 0.15) is 12.8 Å². The first-order valence-electron chi connectivity index (χ1n) is 10.2. The Morgan fingerprint density at radius 3 is 2.21 bits per heavy atom. The molecule has 0 radical (unpaired) electrons. The number of carbonyl (C=O) groups is 1. The molecule has 1 saturated heterocycles. The topological polar surface area (TPSA) is 49.3 Å². The molecule has 0 atom stereocenters. The molecule has 5 nitrogen and oxygen atoms in total. The summed E-state index contributed by atoms with van der Waals surface area (Å²) in [5.74, 6) is 0.145. The van der Waals surface area contributed by atoms with Crippen LogP contribution in [0.5, 0.6) is 0 Å². The molecule has 0 unspecified atom stereocenters. The first-order valence-corrected chi connectivity index (χ1v) is 11.8. The van der Waals surface area contributed by atoms with E-state index in [1.54, 1.807) is 0 Å². The maximum Gasteiger partial charge on any atom is 0.220 e. The van der Waals surface area contributed by atoms with Crippen molar-refractivity contribution in [3.05, 3.63) is 45.3 Å². The van der Waals surface area contributed by atoms with Gasteiger partial charge in [-0.05, 0) is 42.8 Å². The predicted molar refractivity (Wildman–Crippen MR) is 126 cm³/mol. The zero-order valence-electron chi connectivity index (χ0n) is 16.4. The van der Waals surface area contributed by atoms with Gasteiger partial charge >= 0.3 is 0 Å². The molecule has 4 rings (SSSR count). The van der Waals surface area contributed by atoms with Gasteiger partial charge in [0.05, 0.1) is 0 Å². The van der Waals surface area contributed by atoms with E-state index in [1.165, 1.54) is 21.8 Å². The quantitative estimate of drug-likeness (QED) is 0.491. The minimum Gasteiger partial charge on any atom is -0.355 e. The zero-order chi connectivity index (χ0) is 20.2. The van der Waals surface area contributed by atoms with Crippen LogP contribution in [0.2, 0.25) is 0 Å². The lowest BCUT2D eigenvalue weighted by atomic mass is 10.2. The number of nitrogens with zero attached hydrogens (tertiary/aromatic N) is 2. The average Bonchev–Trinajstić information content (AvgIpc) is 3.01. The van der Waals surface area contributed by atoms with Crippen LogP contribution < -0.4 is 10.6 Å². The molecule has 1 aliphatic rings. The number of hydrogen-bond acceptors (Lipinski definition) is 3. The molecule has 1 fully saturated rings. The molecule has 1 aromatic heterocycles. The number of benzene rings is 2. The molecule has 0 bridgehead atoms. The predicted octanol–water partition coefficient (Wildman–Crippen LogP) is 4.12. The highest BCUT2D eigenvalue weighted by molar-refractivity contribution is 9.10. The van der Waals surface area contributed by atoms with Crippen LogP contribution in [0.3, 0.4) is 0 Å². The molecule has 2 aromatic carbocycles. The van der Waals surface area contributed by atoms with Crippen LogP contribution in [-0.2, 0) is 11.3 Å². The van der Waals surface area contributed by atoms with Crippen molar-refractivity contribution in [3.63, 3.8) is 0 Å². The van der Waals surface area contributed by atoms with Gasteiger partial charge in [-0.15, -0.1) is 0 Å². The van der Waals surface area contributed by atoms with E-state index in [1.807, 2.05) is 0 Å². The van der Waals surface area contributed by atoms with Crippen molar-refractivity contribution in [2.75, 3.05) is 39.3 Å². The summed E-state index contributed by atoms with van der Waals surface area (Å²) in [6.07, 6.45) is 1.38. The Balaban J connectivity index is 1.37. The van der Waals surface area contributed by atoms with Gasteiger partial charge in [-0.2, -0.15) is 0 Å². The molecule has 154 valence electrons. The first-order chi connectivity index (χ1) is 14.1. The Morgan fingerprint density at radius 1 is 0.966 bits per heavy atom. The van der Waals surface area contributed by atoms with E-state index in [4.69, 9.17) is 0 Å². The Hall–Kier alpha value is -1.41. The number of rotatable bonds is 7. The fourth-order valence-electron chi connectivity index (χ4n) is 4.06. The lowest BCUT2D eigenvalue weighted by Crippen LogP contribution is -2.46. The number of nitrogens with one attached hydrogen (secondary N) is 2. The van der Waals surface area contributed by atoms with E-state index in [9.17, 15) is 4.79 Å². The van der Waals surface area contributed by atoms with E-state index < -0.39 is 0 Å². The molecule has 7 heteroatoms. The summed E-state index contributed by atoms with van der Waals surface area (Å²) in [6.45, 7) is 6.71. The van der Waals surface area contributed by atoms with E-state index in [2.05, 4.69) is 88.4 Å². The van der Waals surface area contributed by atoms with E-state index >= 15 is 0 Å². The highest BCUT2D eigenvalue weighted by Crippen LogP contribution is 2.33. The second-order valence-electron chi connectivity index (χ2n) is 7.52. The maximum absolute atomic E-state index is 12.3. The monoisotopic (exact) mass is 520 g/mol. The molecule has 2 heterocycles. The SMILES string of the molecule is O=C(CCCn1c2ccc(Br)cc2c2cc(Br)ccc21)NCCN1CCNCC1. The molecule has 0 spiro atoms. The van der Waals surface area contributed by atoms with Crippen LogP contribution in [0, 0.1) is 0 Å². The number of fused-ring (bicyclic) bond motifs is 3. The lowest BCUT2D eigenvalue weighted by molar-refractivity contribution is -0.121. The number of amides is 1. The van der Waals surface area contributed by atoms with Crippen molar-refractivity contribution in [2.45, 2.75) is 19.4 Å². The van der Waals surface area contributed by atoms with Gasteiger partial charge in [-0.1, -0.05) is 31.9 Å². The molecule has 3 aromatic rings. The minimum absolute atomic E-state index is 0.145. The number of aromatic nitrogens is 1. The van der Waals surface area contributed by atoms with Gasteiger partial charge in [0, 0.05) is 83.0 Å². The largest absolute Gasteiger partial charge is 0.355 e. The van der Waals surface area contributed by atoms with Crippen LogP contribution in [0.25, 0.3) is 21.8 Å². The number of aryl methyl sites for hydroxylation is 1. The number of piperazine rings is 1. The molecule has 1 aliphatic heterocycles. The lowest BCUT2D eigenvalue weighted by Gasteiger charge is -2.27. The van der Waals surface area contributed by atoms with Crippen LogP contribution in [0.4, 0.5) is 0 Å². The third-order valence-corrected chi connectivity index (χ3v) is 6.52. The van der Waals surface area contributed by atoms with Gasteiger partial charge in [0.1, 0.15) is 0 Å². The second kappa shape index (κ2) is 9.60.